The highest BCUT2D eigenvalue weighted by molar-refractivity contribution is 7.09. The fraction of sp³-hybridized carbons (Fsp3) is 0.545. The van der Waals surface area contributed by atoms with Crippen molar-refractivity contribution in [3.8, 4) is 0 Å². The fourth-order valence-electron chi connectivity index (χ4n) is 2.11. The molecule has 0 spiro atoms. The van der Waals surface area contributed by atoms with E-state index < -0.39 is 11.5 Å². The van der Waals surface area contributed by atoms with Crippen LogP contribution in [0.15, 0.2) is 17.5 Å². The van der Waals surface area contributed by atoms with E-state index in [-0.39, 0.29) is 0 Å². The van der Waals surface area contributed by atoms with Crippen LogP contribution < -0.4 is 5.32 Å². The van der Waals surface area contributed by atoms with Gasteiger partial charge >= 0.3 is 5.97 Å². The van der Waals surface area contributed by atoms with Crippen molar-refractivity contribution in [3.05, 3.63) is 22.4 Å². The van der Waals surface area contributed by atoms with Crippen molar-refractivity contribution < 1.29 is 9.90 Å². The Hall–Kier alpha value is -0.870. The maximum Gasteiger partial charge on any atom is 0.323 e. The zero-order valence-corrected chi connectivity index (χ0v) is 9.51. The molecule has 3 nitrogen and oxygen atoms in total. The summed E-state index contributed by atoms with van der Waals surface area (Å²) in [6.45, 7) is 2.57. The highest BCUT2D eigenvalue weighted by atomic mass is 32.1. The Morgan fingerprint density at radius 1 is 1.80 bits per heavy atom. The number of carbonyl (C=O) groups is 1. The Kier molecular flexibility index (Phi) is 2.80. The normalized spacial score (nSPS) is 30.6. The van der Waals surface area contributed by atoms with E-state index in [0.717, 1.165) is 19.4 Å². The molecule has 0 aliphatic carbocycles. The highest BCUT2D eigenvalue weighted by Crippen LogP contribution is 2.28. The van der Waals surface area contributed by atoms with E-state index in [4.69, 9.17) is 5.11 Å². The third-order valence-corrected chi connectivity index (χ3v) is 3.92. The highest BCUT2D eigenvalue weighted by Gasteiger charge is 2.40. The van der Waals surface area contributed by atoms with Gasteiger partial charge < -0.3 is 10.4 Å². The van der Waals surface area contributed by atoms with E-state index >= 15 is 0 Å². The van der Waals surface area contributed by atoms with Gasteiger partial charge in [0, 0.05) is 4.88 Å². The molecular weight excluding hydrogens is 210 g/mol. The number of thiophene rings is 1. The molecule has 0 saturated carbocycles. The smallest absolute Gasteiger partial charge is 0.323 e. The molecule has 1 aliphatic heterocycles. The summed E-state index contributed by atoms with van der Waals surface area (Å²) in [4.78, 5) is 12.4. The van der Waals surface area contributed by atoms with Gasteiger partial charge in [0.2, 0.25) is 0 Å². The topological polar surface area (TPSA) is 49.3 Å². The molecule has 1 aromatic heterocycles. The molecule has 4 heteroatoms. The molecule has 0 bridgehead atoms. The summed E-state index contributed by atoms with van der Waals surface area (Å²) < 4.78 is 0. The lowest BCUT2D eigenvalue weighted by atomic mass is 9.93. The summed E-state index contributed by atoms with van der Waals surface area (Å²) in [6, 6.07) is 4.15. The van der Waals surface area contributed by atoms with Gasteiger partial charge in [0.25, 0.3) is 0 Å². The van der Waals surface area contributed by atoms with Crippen LogP contribution in [0.1, 0.15) is 18.2 Å². The summed E-state index contributed by atoms with van der Waals surface area (Å²) >= 11 is 1.74. The van der Waals surface area contributed by atoms with E-state index in [0.29, 0.717) is 5.92 Å². The molecule has 1 aliphatic rings. The Morgan fingerprint density at radius 3 is 3.13 bits per heavy atom. The molecule has 15 heavy (non-hydrogen) atoms. The molecule has 1 aromatic rings. The van der Waals surface area contributed by atoms with Gasteiger partial charge in [0.1, 0.15) is 5.54 Å². The Bertz CT molecular complexity index is 349. The van der Waals surface area contributed by atoms with Gasteiger partial charge in [-0.05, 0) is 43.7 Å². The van der Waals surface area contributed by atoms with Gasteiger partial charge in [0.15, 0.2) is 0 Å². The van der Waals surface area contributed by atoms with Crippen LogP contribution in [0.25, 0.3) is 0 Å². The molecule has 2 unspecified atom stereocenters. The predicted molar refractivity (Wildman–Crippen MR) is 60.2 cm³/mol. The predicted octanol–water partition coefficient (Wildman–Crippen LogP) is 1.74. The lowest BCUT2D eigenvalue weighted by Crippen LogP contribution is -2.44. The standard InChI is InChI=1S/C11H15NO2S/c1-11(10(13)14)6-8(7-12-11)5-9-3-2-4-15-9/h2-4,8,12H,5-7H2,1H3,(H,13,14). The van der Waals surface area contributed by atoms with Crippen LogP contribution in [0.4, 0.5) is 0 Å². The molecule has 0 amide bonds. The van der Waals surface area contributed by atoms with Crippen molar-refractivity contribution in [3.63, 3.8) is 0 Å². The van der Waals surface area contributed by atoms with Gasteiger partial charge in [-0.1, -0.05) is 6.07 Å². The monoisotopic (exact) mass is 225 g/mol. The number of hydrogen-bond donors (Lipinski definition) is 2. The third-order valence-electron chi connectivity index (χ3n) is 3.02. The minimum absolute atomic E-state index is 0.449. The Labute approximate surface area is 93.1 Å². The summed E-state index contributed by atoms with van der Waals surface area (Å²) in [5.41, 5.74) is -0.720. The van der Waals surface area contributed by atoms with Crippen LogP contribution in [-0.4, -0.2) is 23.2 Å². The second-order valence-electron chi connectivity index (χ2n) is 4.37. The molecular formula is C11H15NO2S. The van der Waals surface area contributed by atoms with Crippen molar-refractivity contribution in [2.24, 2.45) is 5.92 Å². The van der Waals surface area contributed by atoms with E-state index in [2.05, 4.69) is 16.8 Å². The van der Waals surface area contributed by atoms with Crippen LogP contribution in [0, 0.1) is 5.92 Å². The van der Waals surface area contributed by atoms with Crippen molar-refractivity contribution in [2.75, 3.05) is 6.54 Å². The molecule has 2 N–H and O–H groups in total. The van der Waals surface area contributed by atoms with Gasteiger partial charge in [-0.3, -0.25) is 4.79 Å². The number of aliphatic carboxylic acids is 1. The van der Waals surface area contributed by atoms with Crippen molar-refractivity contribution in [1.29, 1.82) is 0 Å². The summed E-state index contributed by atoms with van der Waals surface area (Å²) in [5.74, 6) is -0.291. The largest absolute Gasteiger partial charge is 0.480 e. The summed E-state index contributed by atoms with van der Waals surface area (Å²) in [7, 11) is 0. The minimum Gasteiger partial charge on any atom is -0.480 e. The molecule has 1 fully saturated rings. The molecule has 0 aromatic carbocycles. The van der Waals surface area contributed by atoms with Gasteiger partial charge in [-0.15, -0.1) is 11.3 Å². The second kappa shape index (κ2) is 3.94. The van der Waals surface area contributed by atoms with Crippen molar-refractivity contribution in [2.45, 2.75) is 25.3 Å². The Morgan fingerprint density at radius 2 is 2.60 bits per heavy atom. The van der Waals surface area contributed by atoms with Crippen LogP contribution >= 0.6 is 11.3 Å². The van der Waals surface area contributed by atoms with Crippen molar-refractivity contribution >= 4 is 17.3 Å². The molecule has 1 saturated heterocycles. The zero-order valence-electron chi connectivity index (χ0n) is 8.69. The molecule has 0 radical (unpaired) electrons. The summed E-state index contributed by atoms with van der Waals surface area (Å²) in [5, 5.41) is 14.2. The zero-order chi connectivity index (χ0) is 10.9. The van der Waals surface area contributed by atoms with Gasteiger partial charge in [-0.25, -0.2) is 0 Å². The van der Waals surface area contributed by atoms with Gasteiger partial charge in [-0.2, -0.15) is 0 Å². The lowest BCUT2D eigenvalue weighted by molar-refractivity contribution is -0.143. The average Bonchev–Trinajstić information content (AvgIpc) is 2.77. The average molecular weight is 225 g/mol. The van der Waals surface area contributed by atoms with Crippen LogP contribution in [0.5, 0.6) is 0 Å². The number of hydrogen-bond acceptors (Lipinski definition) is 3. The van der Waals surface area contributed by atoms with Gasteiger partial charge in [0.05, 0.1) is 0 Å². The van der Waals surface area contributed by atoms with Crippen LogP contribution in [0.3, 0.4) is 0 Å². The summed E-state index contributed by atoms with van der Waals surface area (Å²) in [6.07, 6.45) is 1.72. The fourth-order valence-corrected chi connectivity index (χ4v) is 2.93. The number of carboxylic acids is 1. The van der Waals surface area contributed by atoms with Crippen LogP contribution in [-0.2, 0) is 11.2 Å². The van der Waals surface area contributed by atoms with Crippen LogP contribution in [0.2, 0.25) is 0 Å². The van der Waals surface area contributed by atoms with E-state index in [9.17, 15) is 4.79 Å². The van der Waals surface area contributed by atoms with Crippen molar-refractivity contribution in [1.82, 2.24) is 5.32 Å². The number of nitrogens with one attached hydrogen (secondary N) is 1. The molecule has 2 atom stereocenters. The second-order valence-corrected chi connectivity index (χ2v) is 5.40. The van der Waals surface area contributed by atoms with E-state index in [1.165, 1.54) is 4.88 Å². The molecule has 2 rings (SSSR count). The first kappa shape index (κ1) is 10.6. The first-order valence-corrected chi connectivity index (χ1v) is 5.99. The Balaban J connectivity index is 1.96. The number of carboxylic acid groups (broad SMARTS) is 1. The maximum atomic E-state index is 11.0. The quantitative estimate of drug-likeness (QED) is 0.824. The van der Waals surface area contributed by atoms with E-state index in [1.54, 1.807) is 18.3 Å². The SMILES string of the molecule is CC1(C(=O)O)CC(Cc2cccs2)CN1. The molecule has 2 heterocycles. The third kappa shape index (κ3) is 2.21. The first-order chi connectivity index (χ1) is 7.10. The van der Waals surface area contributed by atoms with E-state index in [1.807, 2.05) is 6.07 Å². The molecule has 82 valence electrons. The minimum atomic E-state index is -0.740. The first-order valence-electron chi connectivity index (χ1n) is 5.11. The lowest BCUT2D eigenvalue weighted by Gasteiger charge is -2.18. The number of rotatable bonds is 3. The maximum absolute atomic E-state index is 11.0.